The van der Waals surface area contributed by atoms with Crippen LogP contribution in [0.1, 0.15) is 121 Å². The maximum Gasteiger partial charge on any atom is 0.408 e. The summed E-state index contributed by atoms with van der Waals surface area (Å²) in [5, 5.41) is 12.4. The van der Waals surface area contributed by atoms with Crippen molar-refractivity contribution in [2.75, 3.05) is 7.11 Å². The molecule has 9 heteroatoms. The molecule has 0 aliphatic carbocycles. The van der Waals surface area contributed by atoms with Gasteiger partial charge in [-0.05, 0) is 93.1 Å². The van der Waals surface area contributed by atoms with E-state index >= 15 is 0 Å². The Hall–Kier alpha value is -2.10. The first-order valence-electron chi connectivity index (χ1n) is 17.0. The zero-order valence-electron chi connectivity index (χ0n) is 30.6. The minimum Gasteiger partial charge on any atom is -0.497 e. The van der Waals surface area contributed by atoms with E-state index in [0.717, 1.165) is 30.6 Å². The molecule has 0 aromatic heterocycles. The lowest BCUT2D eigenvalue weighted by Crippen LogP contribution is -2.54. The van der Waals surface area contributed by atoms with Crippen molar-refractivity contribution in [1.82, 2.24) is 5.32 Å². The van der Waals surface area contributed by atoms with Crippen LogP contribution in [-0.2, 0) is 25.3 Å². The van der Waals surface area contributed by atoms with E-state index < -0.39 is 32.0 Å². The number of nitrogens with one attached hydrogen (secondary N) is 1. The zero-order chi connectivity index (χ0) is 34.5. The van der Waals surface area contributed by atoms with Gasteiger partial charge in [-0.25, -0.2) is 9.59 Å². The second-order valence-electron chi connectivity index (χ2n) is 15.0. The van der Waals surface area contributed by atoms with E-state index in [-0.39, 0.29) is 18.1 Å². The van der Waals surface area contributed by atoms with Gasteiger partial charge < -0.3 is 29.1 Å². The Morgan fingerprint density at radius 1 is 0.844 bits per heavy atom. The summed E-state index contributed by atoms with van der Waals surface area (Å²) in [5.41, 5.74) is 1.59. The molecule has 4 atom stereocenters. The molecule has 0 aliphatic heterocycles. The van der Waals surface area contributed by atoms with E-state index in [0.29, 0.717) is 42.0 Å². The van der Waals surface area contributed by atoms with Crippen LogP contribution in [0.25, 0.3) is 0 Å². The van der Waals surface area contributed by atoms with E-state index in [1.165, 1.54) is 0 Å². The summed E-state index contributed by atoms with van der Waals surface area (Å²) in [6.45, 7) is 26.1. The van der Waals surface area contributed by atoms with Gasteiger partial charge in [0, 0.05) is 0 Å². The van der Waals surface area contributed by atoms with Gasteiger partial charge in [0.05, 0.1) is 25.9 Å². The first-order chi connectivity index (χ1) is 20.8. The summed E-state index contributed by atoms with van der Waals surface area (Å²) in [5.74, 6) is 0.433. The molecule has 1 aromatic carbocycles. The fourth-order valence-electron chi connectivity index (χ4n) is 6.58. The van der Waals surface area contributed by atoms with Crippen molar-refractivity contribution in [3.63, 3.8) is 0 Å². The number of aliphatic carboxylic acids is 1. The Kier molecular flexibility index (Phi) is 17.2. The van der Waals surface area contributed by atoms with E-state index in [1.807, 2.05) is 24.3 Å². The number of ether oxygens (including phenoxy) is 3. The number of carboxylic acids is 1. The minimum atomic E-state index is -2.28. The van der Waals surface area contributed by atoms with Crippen LogP contribution in [0.2, 0.25) is 16.6 Å². The van der Waals surface area contributed by atoms with Gasteiger partial charge in [0.25, 0.3) is 0 Å². The van der Waals surface area contributed by atoms with E-state index in [4.69, 9.17) is 18.6 Å². The highest BCUT2D eigenvalue weighted by atomic mass is 28.4. The number of carboxylic acid groups (broad SMARTS) is 1. The lowest BCUT2D eigenvalue weighted by molar-refractivity contribution is -0.139. The van der Waals surface area contributed by atoms with Crippen molar-refractivity contribution in [3.05, 3.63) is 29.8 Å². The molecule has 0 saturated heterocycles. The number of alkyl carbamates (subject to hydrolysis) is 1. The molecule has 0 heterocycles. The molecule has 45 heavy (non-hydrogen) atoms. The Balaban J connectivity index is 3.35. The average molecular weight is 652 g/mol. The van der Waals surface area contributed by atoms with Gasteiger partial charge >= 0.3 is 12.1 Å². The highest BCUT2D eigenvalue weighted by Gasteiger charge is 2.48. The van der Waals surface area contributed by atoms with E-state index in [1.54, 1.807) is 27.9 Å². The van der Waals surface area contributed by atoms with Crippen LogP contribution in [0.3, 0.4) is 0 Å². The molecule has 2 N–H and O–H groups in total. The van der Waals surface area contributed by atoms with Crippen LogP contribution in [0, 0.1) is 11.8 Å². The second-order valence-corrected chi connectivity index (χ2v) is 20.4. The molecule has 0 radical (unpaired) electrons. The fraction of sp³-hybridized carbons (Fsp3) is 0.778. The average Bonchev–Trinajstić information content (AvgIpc) is 2.92. The summed E-state index contributed by atoms with van der Waals surface area (Å²) >= 11 is 0. The van der Waals surface area contributed by atoms with Crippen molar-refractivity contribution >= 4 is 20.4 Å². The Morgan fingerprint density at radius 2 is 1.40 bits per heavy atom. The van der Waals surface area contributed by atoms with Gasteiger partial charge in [0.15, 0.2) is 0 Å². The van der Waals surface area contributed by atoms with Crippen molar-refractivity contribution in [2.24, 2.45) is 11.8 Å². The molecule has 1 rings (SSSR count). The Labute approximate surface area is 275 Å². The highest BCUT2D eigenvalue weighted by molar-refractivity contribution is 6.77. The maximum absolute atomic E-state index is 12.4. The first kappa shape index (κ1) is 40.9. The number of amides is 1. The number of methoxy groups -OCH3 is 1. The van der Waals surface area contributed by atoms with Gasteiger partial charge in [-0.2, -0.15) is 0 Å². The number of hydrogen-bond donors (Lipinski definition) is 2. The number of rotatable bonds is 20. The maximum atomic E-state index is 12.4. The lowest BCUT2D eigenvalue weighted by Gasteiger charge is -2.47. The molecule has 0 unspecified atom stereocenters. The summed E-state index contributed by atoms with van der Waals surface area (Å²) < 4.78 is 24.8. The molecule has 0 saturated carbocycles. The summed E-state index contributed by atoms with van der Waals surface area (Å²) in [4.78, 5) is 24.5. The van der Waals surface area contributed by atoms with E-state index in [2.05, 4.69) is 67.6 Å². The molecule has 0 aliphatic rings. The fourth-order valence-corrected chi connectivity index (χ4v) is 12.2. The molecule has 1 aromatic rings. The van der Waals surface area contributed by atoms with Crippen molar-refractivity contribution < 1.29 is 33.3 Å². The monoisotopic (exact) mass is 651 g/mol. The third-order valence-corrected chi connectivity index (χ3v) is 14.9. The summed E-state index contributed by atoms with van der Waals surface area (Å²) in [6, 6.07) is 6.92. The molecule has 0 fully saturated rings. The van der Waals surface area contributed by atoms with Crippen molar-refractivity contribution in [2.45, 2.75) is 162 Å². The summed E-state index contributed by atoms with van der Waals surface area (Å²) in [7, 11) is -0.621. The smallest absolute Gasteiger partial charge is 0.408 e. The number of carbonyl (C=O) groups excluding carboxylic acids is 1. The largest absolute Gasteiger partial charge is 0.497 e. The van der Waals surface area contributed by atoms with Gasteiger partial charge in [-0.15, -0.1) is 0 Å². The number of hydrogen-bond acceptors (Lipinski definition) is 6. The molecule has 260 valence electrons. The van der Waals surface area contributed by atoms with Crippen LogP contribution < -0.4 is 10.1 Å². The Bertz CT molecular complexity index is 982. The van der Waals surface area contributed by atoms with Gasteiger partial charge in [0.2, 0.25) is 8.32 Å². The topological polar surface area (TPSA) is 103 Å². The number of carbonyl (C=O) groups is 2. The van der Waals surface area contributed by atoms with Crippen LogP contribution in [0.5, 0.6) is 5.75 Å². The lowest BCUT2D eigenvalue weighted by atomic mass is 9.86. The van der Waals surface area contributed by atoms with E-state index in [9.17, 15) is 14.7 Å². The van der Waals surface area contributed by atoms with Crippen LogP contribution >= 0.6 is 0 Å². The molecular formula is C36H65NO7Si. The molecular weight excluding hydrogens is 586 g/mol. The predicted octanol–water partition coefficient (Wildman–Crippen LogP) is 9.36. The second kappa shape index (κ2) is 18.9. The van der Waals surface area contributed by atoms with Crippen LogP contribution in [0.4, 0.5) is 4.79 Å². The third kappa shape index (κ3) is 13.7. The molecule has 0 spiro atoms. The molecule has 8 nitrogen and oxygen atoms in total. The van der Waals surface area contributed by atoms with Gasteiger partial charge in [-0.3, -0.25) is 0 Å². The minimum absolute atomic E-state index is 0.150. The molecule has 1 amide bonds. The van der Waals surface area contributed by atoms with Gasteiger partial charge in [0.1, 0.15) is 17.4 Å². The number of benzene rings is 1. The third-order valence-electron chi connectivity index (χ3n) is 8.82. The Morgan fingerprint density at radius 3 is 1.84 bits per heavy atom. The summed E-state index contributed by atoms with van der Waals surface area (Å²) in [6.07, 6.45) is 2.65. The van der Waals surface area contributed by atoms with Gasteiger partial charge in [-0.1, -0.05) is 80.4 Å². The quantitative estimate of drug-likeness (QED) is 0.135. The predicted molar refractivity (Wildman–Crippen MR) is 185 cm³/mol. The van der Waals surface area contributed by atoms with Crippen molar-refractivity contribution in [1.29, 1.82) is 0 Å². The molecule has 0 bridgehead atoms. The van der Waals surface area contributed by atoms with Crippen molar-refractivity contribution in [3.8, 4) is 5.75 Å². The highest BCUT2D eigenvalue weighted by Crippen LogP contribution is 2.45. The van der Waals surface area contributed by atoms with Crippen LogP contribution in [0.15, 0.2) is 24.3 Å². The van der Waals surface area contributed by atoms with Crippen LogP contribution in [-0.4, -0.2) is 56.4 Å². The first-order valence-corrected chi connectivity index (χ1v) is 19.1. The zero-order valence-corrected chi connectivity index (χ0v) is 31.6. The normalized spacial score (nSPS) is 15.3. The SMILES string of the molecule is COc1ccc(CO[C@@H](C)[C@H](O[Si](C(C)C)(C(C)C)C(C)C)[C@H](CCC[C@H](NC(=O)OC(C)(C)C)C(=O)O)CCC(C)C)cc1. The standard InChI is InChI=1S/C36H65NO7Si/c1-24(2)17-20-30(15-14-16-32(34(38)39)37-35(40)43-36(10,11)12)33(44-45(25(3)4,26(5)6)27(7)8)28(9)42-23-29-18-21-31(41-13)22-19-29/h18-19,21-22,24-28,30,32-33H,14-17,20,23H2,1-13H3,(H,37,40)(H,38,39)/t28-,30+,32-,33-/m0/s1.